The number of ether oxygens (including phenoxy) is 2. The topological polar surface area (TPSA) is 158 Å². The Balaban J connectivity index is 1.34. The van der Waals surface area contributed by atoms with E-state index in [2.05, 4.69) is 10.6 Å². The maximum Gasteiger partial charge on any atom is 0.168 e. The number of benzene rings is 4. The highest BCUT2D eigenvalue weighted by molar-refractivity contribution is 8.76. The first-order chi connectivity index (χ1) is 25.6. The number of anilines is 1. The summed E-state index contributed by atoms with van der Waals surface area (Å²) in [5.74, 6) is 0.974. The van der Waals surface area contributed by atoms with Gasteiger partial charge in [0, 0.05) is 40.7 Å². The minimum Gasteiger partial charge on any atom is -0.508 e. The van der Waals surface area contributed by atoms with E-state index in [9.17, 15) is 30.0 Å². The summed E-state index contributed by atoms with van der Waals surface area (Å²) in [5.41, 5.74) is 5.45. The number of hydrogen-bond donors (Lipinski definition) is 6. The number of fused-ring (bicyclic) bond motifs is 9. The van der Waals surface area contributed by atoms with Gasteiger partial charge in [0.15, 0.2) is 11.5 Å². The van der Waals surface area contributed by atoms with E-state index in [1.165, 1.54) is 14.0 Å². The number of aliphatic hydroxyl groups excluding tert-OH is 2. The number of aromatic hydroxyl groups is 2. The molecule has 1 fully saturated rings. The lowest BCUT2D eigenvalue weighted by molar-refractivity contribution is -0.128. The number of carbonyl (C=O) groups is 2. The number of phenols is 2. The van der Waals surface area contributed by atoms with Crippen molar-refractivity contribution in [2.24, 2.45) is 5.92 Å². The molecule has 282 valence electrons. The van der Waals surface area contributed by atoms with E-state index >= 15 is 0 Å². The van der Waals surface area contributed by atoms with Crippen molar-refractivity contribution in [3.8, 4) is 28.4 Å². The predicted molar refractivity (Wildman–Crippen MR) is 211 cm³/mol. The summed E-state index contributed by atoms with van der Waals surface area (Å²) in [4.78, 5) is 25.5. The smallest absolute Gasteiger partial charge is 0.168 e. The van der Waals surface area contributed by atoms with Crippen LogP contribution in [-0.4, -0.2) is 70.2 Å². The maximum atomic E-state index is 14.0. The predicted octanol–water partition coefficient (Wildman–Crippen LogP) is 7.04. The van der Waals surface area contributed by atoms with Crippen LogP contribution in [0.15, 0.2) is 60.7 Å². The fourth-order valence-electron chi connectivity index (χ4n) is 7.58. The molecule has 53 heavy (non-hydrogen) atoms. The molecular formula is C41H48N2O8S2. The number of methoxy groups -OCH3 is 1. The summed E-state index contributed by atoms with van der Waals surface area (Å²) < 4.78 is 12.5. The summed E-state index contributed by atoms with van der Waals surface area (Å²) in [6, 6.07) is 18.3. The number of Topliss-reactive ketones (excluding diaryl/α,β-unsaturated/α-hetero) is 2. The largest absolute Gasteiger partial charge is 0.508 e. The van der Waals surface area contributed by atoms with Crippen molar-refractivity contribution in [1.82, 2.24) is 5.32 Å². The molecular weight excluding hydrogens is 713 g/mol. The van der Waals surface area contributed by atoms with Crippen LogP contribution in [0.2, 0.25) is 0 Å². The molecule has 1 saturated carbocycles. The molecule has 0 saturated heterocycles. The normalized spacial score (nSPS) is 21.5. The highest BCUT2D eigenvalue weighted by Crippen LogP contribution is 2.48. The van der Waals surface area contributed by atoms with E-state index in [-0.39, 0.29) is 60.2 Å². The molecule has 0 spiro atoms. The van der Waals surface area contributed by atoms with Gasteiger partial charge in [-0.3, -0.25) is 14.9 Å². The first-order valence-electron chi connectivity index (χ1n) is 18.0. The number of nitrogens with one attached hydrogen (secondary N) is 2. The average Bonchev–Trinajstić information content (AvgIpc) is 3.15. The zero-order chi connectivity index (χ0) is 37.6. The Hall–Kier alpha value is -3.78. The molecule has 2 bridgehead atoms. The molecule has 0 radical (unpaired) electrons. The molecule has 4 aromatic carbocycles. The summed E-state index contributed by atoms with van der Waals surface area (Å²) in [6.07, 6.45) is 1.13. The molecule has 0 aromatic heterocycles. The van der Waals surface area contributed by atoms with Gasteiger partial charge in [0.25, 0.3) is 0 Å². The third kappa shape index (κ3) is 8.96. The molecule has 2 aliphatic heterocycles. The lowest BCUT2D eigenvalue weighted by Gasteiger charge is -2.38. The number of hydrogen-bond acceptors (Lipinski definition) is 12. The molecule has 12 heteroatoms. The van der Waals surface area contributed by atoms with Crippen LogP contribution in [0.1, 0.15) is 67.5 Å². The van der Waals surface area contributed by atoms with E-state index < -0.39 is 18.4 Å². The first kappa shape index (κ1) is 38.9. The van der Waals surface area contributed by atoms with Gasteiger partial charge in [-0.05, 0) is 109 Å². The monoisotopic (exact) mass is 760 g/mol. The first-order valence-corrected chi connectivity index (χ1v) is 20.4. The van der Waals surface area contributed by atoms with Crippen LogP contribution in [0.25, 0.3) is 21.9 Å². The van der Waals surface area contributed by atoms with Gasteiger partial charge in [0.05, 0.1) is 32.5 Å². The van der Waals surface area contributed by atoms with Crippen LogP contribution < -0.4 is 15.4 Å². The fraction of sp³-hybridized carbons (Fsp3) is 0.415. The number of phenolic OH excluding ortho intramolecular Hbond substituents is 2. The number of ketones is 2. The molecule has 2 heterocycles. The van der Waals surface area contributed by atoms with Crippen molar-refractivity contribution in [3.05, 3.63) is 82.9 Å². The minimum atomic E-state index is -0.602. The highest BCUT2D eigenvalue weighted by Gasteiger charge is 2.37. The van der Waals surface area contributed by atoms with Gasteiger partial charge in [-0.25, -0.2) is 0 Å². The van der Waals surface area contributed by atoms with Crippen LogP contribution >= 0.6 is 21.6 Å². The highest BCUT2D eigenvalue weighted by atomic mass is 33.1. The van der Waals surface area contributed by atoms with Gasteiger partial charge in [-0.15, -0.1) is 0 Å². The van der Waals surface area contributed by atoms with Gasteiger partial charge in [-0.2, -0.15) is 0 Å². The number of rotatable bonds is 9. The van der Waals surface area contributed by atoms with E-state index in [4.69, 9.17) is 9.47 Å². The molecule has 1 aliphatic carbocycles. The fourth-order valence-corrected chi connectivity index (χ4v) is 10.5. The van der Waals surface area contributed by atoms with E-state index in [1.54, 1.807) is 46.8 Å². The van der Waals surface area contributed by atoms with Gasteiger partial charge >= 0.3 is 0 Å². The molecule has 6 N–H and O–H groups in total. The average molecular weight is 761 g/mol. The van der Waals surface area contributed by atoms with Crippen molar-refractivity contribution in [1.29, 1.82) is 0 Å². The van der Waals surface area contributed by atoms with Crippen LogP contribution in [0.5, 0.6) is 17.2 Å². The van der Waals surface area contributed by atoms with Crippen molar-refractivity contribution in [2.45, 2.75) is 81.5 Å². The number of aryl methyl sites for hydroxylation is 1. The van der Waals surface area contributed by atoms with E-state index in [0.29, 0.717) is 41.2 Å². The quantitative estimate of drug-likeness (QED) is 0.0765. The van der Waals surface area contributed by atoms with E-state index in [0.717, 1.165) is 45.9 Å². The van der Waals surface area contributed by atoms with Crippen molar-refractivity contribution in [2.75, 3.05) is 26.0 Å². The van der Waals surface area contributed by atoms with Gasteiger partial charge < -0.3 is 35.2 Å². The summed E-state index contributed by atoms with van der Waals surface area (Å²) in [7, 11) is 6.62. The van der Waals surface area contributed by atoms with Gasteiger partial charge in [0.2, 0.25) is 0 Å². The van der Waals surface area contributed by atoms with Crippen LogP contribution in [0, 0.1) is 5.92 Å². The van der Waals surface area contributed by atoms with Crippen LogP contribution in [0.4, 0.5) is 5.69 Å². The Bertz CT molecular complexity index is 1960. The van der Waals surface area contributed by atoms with Crippen LogP contribution in [-0.2, 0) is 33.1 Å². The van der Waals surface area contributed by atoms with Crippen molar-refractivity contribution in [3.63, 3.8) is 0 Å². The van der Waals surface area contributed by atoms with Gasteiger partial charge in [-0.1, -0.05) is 51.9 Å². The maximum absolute atomic E-state index is 14.0. The zero-order valence-electron chi connectivity index (χ0n) is 30.3. The molecule has 3 aliphatic rings. The number of aliphatic hydroxyl groups is 2. The lowest BCUT2D eigenvalue weighted by Crippen LogP contribution is -2.40. The molecule has 4 aromatic rings. The summed E-state index contributed by atoms with van der Waals surface area (Å²) in [5, 5.41) is 51.2. The van der Waals surface area contributed by atoms with Crippen molar-refractivity contribution < 1.29 is 39.5 Å². The van der Waals surface area contributed by atoms with E-state index in [1.807, 2.05) is 42.5 Å². The summed E-state index contributed by atoms with van der Waals surface area (Å²) >= 11 is 0. The van der Waals surface area contributed by atoms with Gasteiger partial charge in [0.1, 0.15) is 23.5 Å². The minimum absolute atomic E-state index is 0.00464. The Kier molecular flexibility index (Phi) is 12.9. The molecule has 10 nitrogen and oxygen atoms in total. The second-order valence-corrected chi connectivity index (χ2v) is 16.5. The Morgan fingerprint density at radius 2 is 1.85 bits per heavy atom. The third-order valence-corrected chi connectivity index (χ3v) is 13.2. The Morgan fingerprint density at radius 3 is 2.58 bits per heavy atom. The van der Waals surface area contributed by atoms with Crippen LogP contribution in [0.3, 0.4) is 0 Å². The molecule has 5 atom stereocenters. The SMILES string of the molecule is CN[C@H](O[C@@H]1CC(=O)CCc2ccc(O)c(OC)c2-c2ccc3ccc(O)cc3c2CSS[C@@H]2CC[C@@H]1C[C@@H]2O)c1ccc(NCC(C)=O)c(CO)c1. The Morgan fingerprint density at radius 1 is 1.04 bits per heavy atom. The Labute approximate surface area is 318 Å². The number of carbonyl (C=O) groups excluding carboxylic acids is 2. The lowest BCUT2D eigenvalue weighted by atomic mass is 9.81. The van der Waals surface area contributed by atoms with Crippen molar-refractivity contribution >= 4 is 49.6 Å². The zero-order valence-corrected chi connectivity index (χ0v) is 31.9. The standard InChI is InChI=1S/C41H48N2O8S2/c1-23(45)20-43-34-13-7-27(16-28(34)21-44)41(42-2)51-37-19-30(47)11-5-25-8-14-35(48)40(50-3)39(25)31-12-6-24-4-10-29(46)18-32(24)33(31)22-52-53-38-15-9-26(37)17-36(38)49/h4,6-8,10,12-14,16,18,26,36-38,41-44,46,48-49H,5,9,11,15,17,19-22H2,1-3H3/t26-,36+,37-,38-,41-/m1/s1. The molecule has 0 amide bonds. The second-order valence-electron chi connectivity index (χ2n) is 13.9. The third-order valence-electron chi connectivity index (χ3n) is 10.3. The second kappa shape index (κ2) is 17.6. The molecule has 7 rings (SSSR count). The summed E-state index contributed by atoms with van der Waals surface area (Å²) in [6.45, 7) is 1.42. The molecule has 0 unspecified atom stereocenters.